The Bertz CT molecular complexity index is 1030. The Kier molecular flexibility index (Phi) is 7.56. The van der Waals surface area contributed by atoms with Crippen molar-refractivity contribution in [2.45, 2.75) is 52.1 Å². The Morgan fingerprint density at radius 3 is 2.94 bits per heavy atom. The van der Waals surface area contributed by atoms with Crippen LogP contribution in [0.5, 0.6) is 0 Å². The van der Waals surface area contributed by atoms with E-state index in [1.54, 1.807) is 0 Å². The molecule has 0 unspecified atom stereocenters. The summed E-state index contributed by atoms with van der Waals surface area (Å²) in [5.41, 5.74) is 9.31. The Morgan fingerprint density at radius 2 is 2.23 bits per heavy atom. The molecule has 1 aliphatic heterocycles. The number of allylic oxidation sites excluding steroid dienone is 4. The van der Waals surface area contributed by atoms with Crippen molar-refractivity contribution in [2.24, 2.45) is 5.73 Å². The van der Waals surface area contributed by atoms with Crippen LogP contribution >= 0.6 is 11.3 Å². The van der Waals surface area contributed by atoms with Gasteiger partial charge >= 0.3 is 0 Å². The van der Waals surface area contributed by atoms with E-state index in [2.05, 4.69) is 17.0 Å². The zero-order valence-corrected chi connectivity index (χ0v) is 18.7. The van der Waals surface area contributed by atoms with Crippen LogP contribution in [0.3, 0.4) is 0 Å². The third kappa shape index (κ3) is 5.37. The number of carbonyl (C=O) groups is 1. The number of rotatable bonds is 8. The number of nitrogens with one attached hydrogen (secondary N) is 1. The van der Waals surface area contributed by atoms with Gasteiger partial charge in [-0.2, -0.15) is 5.10 Å². The molecular formula is C23H28F2N4OS. The van der Waals surface area contributed by atoms with Crippen LogP contribution in [-0.2, 0) is 13.0 Å². The molecule has 0 saturated heterocycles. The second kappa shape index (κ2) is 10.2. The first kappa shape index (κ1) is 23.1. The smallest absolute Gasteiger partial charge is 0.261 e. The molecule has 3 heterocycles. The van der Waals surface area contributed by atoms with Crippen molar-refractivity contribution in [2.75, 3.05) is 6.54 Å². The summed E-state index contributed by atoms with van der Waals surface area (Å²) in [6.45, 7) is 8.46. The monoisotopic (exact) mass is 446 g/mol. The van der Waals surface area contributed by atoms with E-state index in [1.165, 1.54) is 23.1 Å². The lowest BCUT2D eigenvalue weighted by Gasteiger charge is -2.18. The molecule has 3 N–H and O–H groups in total. The van der Waals surface area contributed by atoms with Crippen molar-refractivity contribution in [3.05, 3.63) is 63.5 Å². The number of amides is 1. The van der Waals surface area contributed by atoms with Crippen molar-refractivity contribution in [3.63, 3.8) is 0 Å². The minimum absolute atomic E-state index is 0.197. The third-order valence-corrected chi connectivity index (χ3v) is 6.45. The minimum Gasteiger partial charge on any atom is -0.348 e. The summed E-state index contributed by atoms with van der Waals surface area (Å²) in [4.78, 5) is 14.8. The summed E-state index contributed by atoms with van der Waals surface area (Å²) in [5.74, 6) is -2.10. The SMILES string of the molecule is C=C(/C=C(F)\C(F)=C/C)C[C@@H](CCN)NC(=O)c1cc2c(s1)CCCn1ncc(C)c1-2. The standard InChI is InChI=1S/C23H28F2N4OS/c1-4-18(24)19(25)11-14(2)10-16(7-8-26)28-23(30)21-12-17-20(31-21)6-5-9-29-22(17)15(3)13-27-29/h4,11-13,16H,2,5-10,26H2,1,3H3,(H,28,30)/b18-4+,19-11+/t16-/m1/s1. The highest BCUT2D eigenvalue weighted by Crippen LogP contribution is 2.36. The van der Waals surface area contributed by atoms with Gasteiger partial charge in [0.25, 0.3) is 5.91 Å². The molecule has 1 aliphatic rings. The number of halogens is 2. The van der Waals surface area contributed by atoms with Gasteiger partial charge in [0.1, 0.15) is 0 Å². The Morgan fingerprint density at radius 1 is 1.45 bits per heavy atom. The summed E-state index contributed by atoms with van der Waals surface area (Å²) >= 11 is 1.49. The number of carbonyl (C=O) groups excluding carboxylic acids is 1. The lowest BCUT2D eigenvalue weighted by atomic mass is 10.0. The summed E-state index contributed by atoms with van der Waals surface area (Å²) in [6, 6.07) is 1.60. The Labute approximate surface area is 185 Å². The molecule has 0 aliphatic carbocycles. The fourth-order valence-electron chi connectivity index (χ4n) is 3.76. The number of nitrogens with zero attached hydrogens (tertiary/aromatic N) is 2. The van der Waals surface area contributed by atoms with Gasteiger partial charge in [0.15, 0.2) is 11.7 Å². The van der Waals surface area contributed by atoms with Crippen molar-refractivity contribution in [3.8, 4) is 11.3 Å². The second-order valence-electron chi connectivity index (χ2n) is 7.69. The minimum atomic E-state index is -0.973. The van der Waals surface area contributed by atoms with Gasteiger partial charge in [-0.3, -0.25) is 9.48 Å². The number of aromatic nitrogens is 2. The Balaban J connectivity index is 1.76. The van der Waals surface area contributed by atoms with Crippen LogP contribution in [0.2, 0.25) is 0 Å². The van der Waals surface area contributed by atoms with Gasteiger partial charge in [-0.05, 0) is 69.9 Å². The Hall–Kier alpha value is -2.58. The van der Waals surface area contributed by atoms with E-state index in [9.17, 15) is 13.6 Å². The van der Waals surface area contributed by atoms with E-state index in [1.807, 2.05) is 23.9 Å². The van der Waals surface area contributed by atoms with Crippen molar-refractivity contribution >= 4 is 17.2 Å². The fourth-order valence-corrected chi connectivity index (χ4v) is 4.87. The maximum absolute atomic E-state index is 13.7. The number of hydrogen-bond acceptors (Lipinski definition) is 4. The van der Waals surface area contributed by atoms with Crippen LogP contribution in [-0.4, -0.2) is 28.3 Å². The molecule has 0 aromatic carbocycles. The molecule has 31 heavy (non-hydrogen) atoms. The van der Waals surface area contributed by atoms with E-state index < -0.39 is 11.7 Å². The maximum Gasteiger partial charge on any atom is 0.261 e. The molecule has 2 aromatic rings. The molecule has 1 atom stereocenters. The average Bonchev–Trinajstić information content (AvgIpc) is 3.26. The van der Waals surface area contributed by atoms with Crippen LogP contribution in [0.25, 0.3) is 11.3 Å². The van der Waals surface area contributed by atoms with Gasteiger partial charge < -0.3 is 11.1 Å². The molecule has 3 rings (SSSR count). The molecule has 0 bridgehead atoms. The van der Waals surface area contributed by atoms with Crippen LogP contribution in [0.1, 0.15) is 46.3 Å². The molecular weight excluding hydrogens is 418 g/mol. The zero-order chi connectivity index (χ0) is 22.5. The molecule has 1 amide bonds. The van der Waals surface area contributed by atoms with Crippen LogP contribution < -0.4 is 11.1 Å². The van der Waals surface area contributed by atoms with Crippen molar-refractivity contribution in [1.82, 2.24) is 15.1 Å². The molecule has 0 saturated carbocycles. The van der Waals surface area contributed by atoms with Gasteiger partial charge in [-0.1, -0.05) is 12.2 Å². The molecule has 2 aromatic heterocycles. The third-order valence-electron chi connectivity index (χ3n) is 5.26. The highest BCUT2D eigenvalue weighted by atomic mass is 32.1. The number of fused-ring (bicyclic) bond motifs is 3. The summed E-state index contributed by atoms with van der Waals surface area (Å²) < 4.78 is 29.1. The van der Waals surface area contributed by atoms with E-state index in [0.29, 0.717) is 23.4 Å². The molecule has 5 nitrogen and oxygen atoms in total. The lowest BCUT2D eigenvalue weighted by Crippen LogP contribution is -2.36. The molecule has 8 heteroatoms. The summed E-state index contributed by atoms with van der Waals surface area (Å²) in [7, 11) is 0. The zero-order valence-electron chi connectivity index (χ0n) is 17.9. The van der Waals surface area contributed by atoms with Gasteiger partial charge in [-0.25, -0.2) is 8.78 Å². The lowest BCUT2D eigenvalue weighted by molar-refractivity contribution is 0.0939. The van der Waals surface area contributed by atoms with Crippen LogP contribution in [0, 0.1) is 6.92 Å². The van der Waals surface area contributed by atoms with Gasteiger partial charge in [0.2, 0.25) is 0 Å². The predicted octanol–water partition coefficient (Wildman–Crippen LogP) is 4.99. The second-order valence-corrected chi connectivity index (χ2v) is 8.83. The van der Waals surface area contributed by atoms with Crippen LogP contribution in [0.15, 0.2) is 48.2 Å². The van der Waals surface area contributed by atoms with Crippen LogP contribution in [0.4, 0.5) is 8.78 Å². The molecule has 0 fully saturated rings. The number of hydrogen-bond donors (Lipinski definition) is 2. The summed E-state index contributed by atoms with van der Waals surface area (Å²) in [6.07, 6.45) is 6.62. The van der Waals surface area contributed by atoms with Crippen molar-refractivity contribution in [1.29, 1.82) is 0 Å². The quantitative estimate of drug-likeness (QED) is 0.562. The maximum atomic E-state index is 13.7. The van der Waals surface area contributed by atoms with E-state index in [4.69, 9.17) is 5.73 Å². The predicted molar refractivity (Wildman–Crippen MR) is 121 cm³/mol. The number of aryl methyl sites for hydroxylation is 3. The average molecular weight is 447 g/mol. The fraction of sp³-hybridized carbons (Fsp3) is 0.391. The largest absolute Gasteiger partial charge is 0.348 e. The number of nitrogens with two attached hydrogens (primary N) is 1. The first-order valence-corrected chi connectivity index (χ1v) is 11.2. The summed E-state index contributed by atoms with van der Waals surface area (Å²) in [5, 5.41) is 7.43. The molecule has 0 spiro atoms. The first-order valence-electron chi connectivity index (χ1n) is 10.4. The normalized spacial score (nSPS) is 15.1. The highest BCUT2D eigenvalue weighted by Gasteiger charge is 2.23. The topological polar surface area (TPSA) is 72.9 Å². The van der Waals surface area contributed by atoms with Gasteiger partial charge in [-0.15, -0.1) is 11.3 Å². The molecule has 0 radical (unpaired) electrons. The van der Waals surface area contributed by atoms with E-state index >= 15 is 0 Å². The van der Waals surface area contributed by atoms with Gasteiger partial charge in [0, 0.05) is 23.0 Å². The van der Waals surface area contributed by atoms with Crippen molar-refractivity contribution < 1.29 is 13.6 Å². The van der Waals surface area contributed by atoms with E-state index in [0.717, 1.165) is 48.4 Å². The number of thiophene rings is 1. The van der Waals surface area contributed by atoms with E-state index in [-0.39, 0.29) is 18.4 Å². The first-order chi connectivity index (χ1) is 14.8. The van der Waals surface area contributed by atoms with Gasteiger partial charge in [0.05, 0.1) is 16.8 Å². The highest BCUT2D eigenvalue weighted by molar-refractivity contribution is 7.14. The molecule has 166 valence electrons.